The maximum absolute atomic E-state index is 11.3. The van der Waals surface area contributed by atoms with Crippen LogP contribution in [0.1, 0.15) is 61.8 Å². The molecule has 5 aromatic rings. The fourth-order valence-corrected chi connectivity index (χ4v) is 5.05. The van der Waals surface area contributed by atoms with Crippen molar-refractivity contribution in [2.45, 2.75) is 58.3 Å². The van der Waals surface area contributed by atoms with Crippen LogP contribution >= 0.6 is 0 Å². The summed E-state index contributed by atoms with van der Waals surface area (Å²) in [6.07, 6.45) is 4.72. The zero-order valence-corrected chi connectivity index (χ0v) is 23.3. The molecule has 0 bridgehead atoms. The largest absolute Gasteiger partial charge is 0.489 e. The van der Waals surface area contributed by atoms with Crippen LogP contribution in [0.4, 0.5) is 0 Å². The third-order valence-electron chi connectivity index (χ3n) is 7.33. The summed E-state index contributed by atoms with van der Waals surface area (Å²) >= 11 is 0. The molecule has 0 radical (unpaired) electrons. The Morgan fingerprint density at radius 2 is 1.20 bits per heavy atom. The van der Waals surface area contributed by atoms with Crippen molar-refractivity contribution in [2.24, 2.45) is 0 Å². The molecule has 40 heavy (non-hydrogen) atoms. The molecule has 204 valence electrons. The topological polar surface area (TPSA) is 38.7 Å². The van der Waals surface area contributed by atoms with Crippen LogP contribution in [0.5, 0.6) is 11.5 Å². The second-order valence-electron chi connectivity index (χ2n) is 10.4. The van der Waals surface area contributed by atoms with Gasteiger partial charge in [-0.05, 0) is 75.3 Å². The van der Waals surface area contributed by atoms with E-state index in [1.54, 1.807) is 0 Å². The van der Waals surface area contributed by atoms with Gasteiger partial charge >= 0.3 is 0 Å². The Labute approximate surface area is 238 Å². The predicted molar refractivity (Wildman–Crippen MR) is 165 cm³/mol. The Morgan fingerprint density at radius 3 is 1.88 bits per heavy atom. The molecule has 0 saturated carbocycles. The van der Waals surface area contributed by atoms with E-state index in [0.717, 1.165) is 69.4 Å². The lowest BCUT2D eigenvalue weighted by Crippen LogP contribution is -2.02. The number of benzene rings is 5. The summed E-state index contributed by atoms with van der Waals surface area (Å²) in [6.45, 7) is 3.25. The SMILES string of the molecule is CCCCCCC(O)c1cc(OCc2ccccc2)ccc1-c1ccc2cc(OCc3ccccc3)ccc2c1. The van der Waals surface area contributed by atoms with E-state index in [1.807, 2.05) is 54.6 Å². The Balaban J connectivity index is 1.37. The van der Waals surface area contributed by atoms with Gasteiger partial charge in [0.05, 0.1) is 6.10 Å². The number of aliphatic hydroxyl groups excluding tert-OH is 1. The van der Waals surface area contributed by atoms with E-state index in [9.17, 15) is 5.11 Å². The van der Waals surface area contributed by atoms with Crippen molar-refractivity contribution < 1.29 is 14.6 Å². The number of fused-ring (bicyclic) bond motifs is 1. The fraction of sp³-hybridized carbons (Fsp3) is 0.243. The normalized spacial score (nSPS) is 11.8. The molecule has 0 saturated heterocycles. The zero-order chi connectivity index (χ0) is 27.6. The highest BCUT2D eigenvalue weighted by Crippen LogP contribution is 2.36. The number of aliphatic hydroxyl groups is 1. The molecule has 1 atom stereocenters. The Morgan fingerprint density at radius 1 is 0.600 bits per heavy atom. The van der Waals surface area contributed by atoms with Gasteiger partial charge in [-0.1, -0.05) is 118 Å². The van der Waals surface area contributed by atoms with Gasteiger partial charge in [0.25, 0.3) is 0 Å². The first-order chi connectivity index (χ1) is 19.7. The fourth-order valence-electron chi connectivity index (χ4n) is 5.05. The summed E-state index contributed by atoms with van der Waals surface area (Å²) in [5.74, 6) is 1.63. The van der Waals surface area contributed by atoms with Crippen LogP contribution in [0, 0.1) is 0 Å². The summed E-state index contributed by atoms with van der Waals surface area (Å²) in [5, 5.41) is 13.6. The first kappa shape index (κ1) is 27.5. The van der Waals surface area contributed by atoms with Crippen LogP contribution in [-0.4, -0.2) is 5.11 Å². The number of unbranched alkanes of at least 4 members (excludes halogenated alkanes) is 3. The zero-order valence-electron chi connectivity index (χ0n) is 23.3. The molecular formula is C37H38O3. The van der Waals surface area contributed by atoms with Gasteiger partial charge in [-0.15, -0.1) is 0 Å². The molecule has 0 spiro atoms. The van der Waals surface area contributed by atoms with Gasteiger partial charge in [0.15, 0.2) is 0 Å². The Bertz CT molecular complexity index is 1490. The third-order valence-corrected chi connectivity index (χ3v) is 7.33. The summed E-state index contributed by atoms with van der Waals surface area (Å²) in [7, 11) is 0. The van der Waals surface area contributed by atoms with E-state index >= 15 is 0 Å². The number of hydrogen-bond donors (Lipinski definition) is 1. The molecule has 0 aliphatic heterocycles. The predicted octanol–water partition coefficient (Wildman–Crippen LogP) is 9.67. The molecule has 5 rings (SSSR count). The van der Waals surface area contributed by atoms with Crippen molar-refractivity contribution in [3.05, 3.63) is 132 Å². The van der Waals surface area contributed by atoms with Gasteiger partial charge in [-0.2, -0.15) is 0 Å². The lowest BCUT2D eigenvalue weighted by atomic mass is 9.92. The van der Waals surface area contributed by atoms with E-state index in [4.69, 9.17) is 9.47 Å². The lowest BCUT2D eigenvalue weighted by Gasteiger charge is -2.18. The van der Waals surface area contributed by atoms with Crippen LogP contribution in [0.25, 0.3) is 21.9 Å². The van der Waals surface area contributed by atoms with E-state index in [1.165, 1.54) is 12.8 Å². The van der Waals surface area contributed by atoms with E-state index in [2.05, 4.69) is 67.6 Å². The second-order valence-corrected chi connectivity index (χ2v) is 10.4. The van der Waals surface area contributed by atoms with Crippen molar-refractivity contribution in [3.8, 4) is 22.6 Å². The molecular weight excluding hydrogens is 492 g/mol. The van der Waals surface area contributed by atoms with Crippen molar-refractivity contribution in [3.63, 3.8) is 0 Å². The minimum atomic E-state index is -0.545. The minimum Gasteiger partial charge on any atom is -0.489 e. The van der Waals surface area contributed by atoms with Crippen molar-refractivity contribution >= 4 is 10.8 Å². The third kappa shape index (κ3) is 7.31. The van der Waals surface area contributed by atoms with Gasteiger partial charge < -0.3 is 14.6 Å². The quantitative estimate of drug-likeness (QED) is 0.154. The second kappa shape index (κ2) is 13.8. The molecule has 1 unspecified atom stereocenters. The highest BCUT2D eigenvalue weighted by Gasteiger charge is 2.16. The van der Waals surface area contributed by atoms with E-state index < -0.39 is 6.10 Å². The summed E-state index contributed by atoms with van der Waals surface area (Å²) in [4.78, 5) is 0. The molecule has 0 aromatic heterocycles. The smallest absolute Gasteiger partial charge is 0.120 e. The van der Waals surface area contributed by atoms with Gasteiger partial charge in [-0.25, -0.2) is 0 Å². The first-order valence-corrected chi connectivity index (χ1v) is 14.4. The number of ether oxygens (including phenoxy) is 2. The molecule has 0 amide bonds. The molecule has 3 heteroatoms. The molecule has 1 N–H and O–H groups in total. The summed E-state index contributed by atoms with van der Waals surface area (Å²) in [5.41, 5.74) is 5.32. The van der Waals surface area contributed by atoms with Gasteiger partial charge in [0.1, 0.15) is 24.7 Å². The van der Waals surface area contributed by atoms with Gasteiger partial charge in [-0.3, -0.25) is 0 Å². The number of rotatable bonds is 13. The monoisotopic (exact) mass is 530 g/mol. The van der Waals surface area contributed by atoms with Crippen molar-refractivity contribution in [1.29, 1.82) is 0 Å². The van der Waals surface area contributed by atoms with Gasteiger partial charge in [0, 0.05) is 0 Å². The lowest BCUT2D eigenvalue weighted by molar-refractivity contribution is 0.163. The average molecular weight is 531 g/mol. The molecule has 5 aromatic carbocycles. The maximum atomic E-state index is 11.3. The number of hydrogen-bond acceptors (Lipinski definition) is 3. The highest BCUT2D eigenvalue weighted by atomic mass is 16.5. The molecule has 0 heterocycles. The average Bonchev–Trinajstić information content (AvgIpc) is 3.01. The molecule has 0 aliphatic carbocycles. The standard InChI is InChI=1S/C37H38O3/c1-2-3-4-11-16-37(38)36-25-34(40-27-29-14-9-6-10-15-29)21-22-35(36)32-18-17-31-24-33(20-19-30(31)23-32)39-26-28-12-7-5-8-13-28/h5-10,12-15,17-25,37-38H,2-4,11,16,26-27H2,1H3. The van der Waals surface area contributed by atoms with Crippen LogP contribution in [-0.2, 0) is 13.2 Å². The van der Waals surface area contributed by atoms with Crippen molar-refractivity contribution in [2.75, 3.05) is 0 Å². The Hall–Kier alpha value is -4.08. The van der Waals surface area contributed by atoms with Crippen LogP contribution in [0.15, 0.2) is 115 Å². The Kier molecular flexibility index (Phi) is 9.50. The molecule has 3 nitrogen and oxygen atoms in total. The van der Waals surface area contributed by atoms with E-state index in [0.29, 0.717) is 13.2 Å². The van der Waals surface area contributed by atoms with Crippen LogP contribution < -0.4 is 9.47 Å². The minimum absolute atomic E-state index is 0.497. The first-order valence-electron chi connectivity index (χ1n) is 14.4. The van der Waals surface area contributed by atoms with Crippen molar-refractivity contribution in [1.82, 2.24) is 0 Å². The van der Waals surface area contributed by atoms with Crippen LogP contribution in [0.2, 0.25) is 0 Å². The van der Waals surface area contributed by atoms with Gasteiger partial charge in [0.2, 0.25) is 0 Å². The maximum Gasteiger partial charge on any atom is 0.120 e. The van der Waals surface area contributed by atoms with E-state index in [-0.39, 0.29) is 0 Å². The highest BCUT2D eigenvalue weighted by molar-refractivity contribution is 5.89. The van der Waals surface area contributed by atoms with Crippen LogP contribution in [0.3, 0.4) is 0 Å². The summed E-state index contributed by atoms with van der Waals surface area (Å²) in [6, 6.07) is 39.2. The molecule has 0 fully saturated rings. The molecule has 0 aliphatic rings. The summed E-state index contributed by atoms with van der Waals surface area (Å²) < 4.78 is 12.2.